The number of fused-ring (bicyclic) bond motifs is 1. The van der Waals surface area contributed by atoms with E-state index in [0.29, 0.717) is 5.56 Å². The summed E-state index contributed by atoms with van der Waals surface area (Å²) in [7, 11) is 0. The van der Waals surface area contributed by atoms with E-state index in [1.807, 2.05) is 6.07 Å². The van der Waals surface area contributed by atoms with Gasteiger partial charge >= 0.3 is 17.9 Å². The Morgan fingerprint density at radius 1 is 0.850 bits per heavy atom. The van der Waals surface area contributed by atoms with Gasteiger partial charge in [0.2, 0.25) is 17.7 Å². The average Bonchev–Trinajstić information content (AvgIpc) is 3.28. The molecule has 1 aromatic heterocycles. The number of benzene rings is 1. The summed E-state index contributed by atoms with van der Waals surface area (Å²) < 4.78 is 0. The fourth-order valence-electron chi connectivity index (χ4n) is 4.04. The number of para-hydroxylation sites is 1. The second-order valence-electron chi connectivity index (χ2n) is 9.85. The molecule has 218 valence electrons. The van der Waals surface area contributed by atoms with Crippen LogP contribution in [-0.4, -0.2) is 80.1 Å². The van der Waals surface area contributed by atoms with Crippen molar-refractivity contribution in [3.8, 4) is 0 Å². The summed E-state index contributed by atoms with van der Waals surface area (Å²) in [6.45, 7) is 3.60. The van der Waals surface area contributed by atoms with Crippen LogP contribution in [0, 0.1) is 5.92 Å². The molecule has 0 fully saturated rings. The second-order valence-corrected chi connectivity index (χ2v) is 9.85. The second kappa shape index (κ2) is 14.6. The molecule has 40 heavy (non-hydrogen) atoms. The minimum Gasteiger partial charge on any atom is -0.481 e. The molecular formula is C26H35N5O9. The van der Waals surface area contributed by atoms with Crippen LogP contribution >= 0.6 is 0 Å². The van der Waals surface area contributed by atoms with Crippen LogP contribution in [0.15, 0.2) is 30.5 Å². The topological polar surface area (TPSA) is 241 Å². The van der Waals surface area contributed by atoms with Crippen molar-refractivity contribution in [2.24, 2.45) is 11.7 Å². The standard InChI is InChI=1S/C26H35N5O9/c1-13(2)9-18(29-23(36)16(27)7-8-21(32)33)24(37)30-19(25(38)31-20(26(39)40)11-22(34)35)10-14-12-28-17-6-4-3-5-15(14)17/h3-6,12-13,16,18-20,28H,7-11,27H2,1-2H3,(H,29,36)(H,30,37)(H,31,38)(H,32,33)(H,34,35)(H,39,40). The number of carboxylic acid groups (broad SMARTS) is 3. The highest BCUT2D eigenvalue weighted by Crippen LogP contribution is 2.19. The highest BCUT2D eigenvalue weighted by Gasteiger charge is 2.32. The Labute approximate surface area is 229 Å². The van der Waals surface area contributed by atoms with Crippen molar-refractivity contribution < 1.29 is 44.1 Å². The summed E-state index contributed by atoms with van der Waals surface area (Å²) in [6, 6.07) is 1.78. The summed E-state index contributed by atoms with van der Waals surface area (Å²) in [4.78, 5) is 75.7. The number of rotatable bonds is 16. The Hall–Kier alpha value is -4.46. The summed E-state index contributed by atoms with van der Waals surface area (Å²) in [6.07, 6.45) is 0.336. The van der Waals surface area contributed by atoms with Crippen LogP contribution in [0.1, 0.15) is 45.1 Å². The molecular weight excluding hydrogens is 526 g/mol. The number of carbonyl (C=O) groups is 6. The molecule has 4 unspecified atom stereocenters. The van der Waals surface area contributed by atoms with Gasteiger partial charge in [-0.25, -0.2) is 4.79 Å². The minimum atomic E-state index is -1.74. The molecule has 9 N–H and O–H groups in total. The van der Waals surface area contributed by atoms with Gasteiger partial charge in [0.25, 0.3) is 0 Å². The summed E-state index contributed by atoms with van der Waals surface area (Å²) in [5.41, 5.74) is 7.17. The first kappa shape index (κ1) is 31.8. The van der Waals surface area contributed by atoms with Crippen LogP contribution < -0.4 is 21.7 Å². The number of H-pyrrole nitrogens is 1. The fourth-order valence-corrected chi connectivity index (χ4v) is 4.04. The van der Waals surface area contributed by atoms with Gasteiger partial charge in [-0.1, -0.05) is 32.0 Å². The SMILES string of the molecule is CC(C)CC(NC(=O)C(N)CCC(=O)O)C(=O)NC(Cc1c[nH]c2ccccc12)C(=O)NC(CC(=O)O)C(=O)O. The highest BCUT2D eigenvalue weighted by molar-refractivity contribution is 5.95. The first-order valence-corrected chi connectivity index (χ1v) is 12.7. The van der Waals surface area contributed by atoms with Gasteiger partial charge in [0, 0.05) is 29.9 Å². The van der Waals surface area contributed by atoms with Crippen molar-refractivity contribution in [3.05, 3.63) is 36.0 Å². The molecule has 14 nitrogen and oxygen atoms in total. The maximum absolute atomic E-state index is 13.3. The van der Waals surface area contributed by atoms with Gasteiger partial charge in [0.05, 0.1) is 12.5 Å². The zero-order valence-electron chi connectivity index (χ0n) is 22.2. The largest absolute Gasteiger partial charge is 0.481 e. The van der Waals surface area contributed by atoms with E-state index >= 15 is 0 Å². The molecule has 3 amide bonds. The molecule has 0 aliphatic heterocycles. The Bertz CT molecular complexity index is 1240. The van der Waals surface area contributed by atoms with Crippen LogP contribution in [0.2, 0.25) is 0 Å². The molecule has 2 rings (SSSR count). The van der Waals surface area contributed by atoms with Crippen LogP contribution in [0.3, 0.4) is 0 Å². The number of carbonyl (C=O) groups excluding carboxylic acids is 3. The van der Waals surface area contributed by atoms with E-state index in [1.54, 1.807) is 38.2 Å². The van der Waals surface area contributed by atoms with E-state index in [0.717, 1.165) is 10.9 Å². The van der Waals surface area contributed by atoms with Gasteiger partial charge in [-0.05, 0) is 30.4 Å². The lowest BCUT2D eigenvalue weighted by Crippen LogP contribution is -2.58. The number of nitrogens with two attached hydrogens (primary N) is 1. The lowest BCUT2D eigenvalue weighted by Gasteiger charge is -2.26. The highest BCUT2D eigenvalue weighted by atomic mass is 16.4. The first-order valence-electron chi connectivity index (χ1n) is 12.7. The molecule has 0 aliphatic rings. The minimum absolute atomic E-state index is 0.0819. The lowest BCUT2D eigenvalue weighted by molar-refractivity contribution is -0.147. The molecule has 0 radical (unpaired) electrons. The Morgan fingerprint density at radius 3 is 2.05 bits per heavy atom. The Kier molecular flexibility index (Phi) is 11.6. The zero-order chi connectivity index (χ0) is 30.0. The monoisotopic (exact) mass is 561 g/mol. The molecule has 4 atom stereocenters. The van der Waals surface area contributed by atoms with Gasteiger partial charge < -0.3 is 42.0 Å². The number of amides is 3. The molecule has 0 saturated heterocycles. The van der Waals surface area contributed by atoms with Crippen molar-refractivity contribution in [1.82, 2.24) is 20.9 Å². The number of carboxylic acids is 3. The molecule has 1 aromatic carbocycles. The maximum Gasteiger partial charge on any atom is 0.326 e. The predicted octanol–water partition coefficient (Wildman–Crippen LogP) is -0.0377. The maximum atomic E-state index is 13.3. The fraction of sp³-hybridized carbons (Fsp3) is 0.462. The van der Waals surface area contributed by atoms with Crippen molar-refractivity contribution in [2.45, 2.75) is 70.1 Å². The van der Waals surface area contributed by atoms with Gasteiger partial charge in [-0.15, -0.1) is 0 Å². The van der Waals surface area contributed by atoms with E-state index < -0.39 is 66.2 Å². The molecule has 0 saturated carbocycles. The van der Waals surface area contributed by atoms with E-state index in [-0.39, 0.29) is 31.6 Å². The quantitative estimate of drug-likeness (QED) is 0.136. The van der Waals surface area contributed by atoms with Gasteiger partial charge in [-0.3, -0.25) is 24.0 Å². The third kappa shape index (κ3) is 9.69. The van der Waals surface area contributed by atoms with Crippen molar-refractivity contribution in [2.75, 3.05) is 0 Å². The summed E-state index contributed by atoms with van der Waals surface area (Å²) in [5.74, 6) is -6.64. The van der Waals surface area contributed by atoms with E-state index in [1.165, 1.54) is 0 Å². The molecule has 0 bridgehead atoms. The third-order valence-corrected chi connectivity index (χ3v) is 6.07. The van der Waals surface area contributed by atoms with Crippen LogP contribution in [0.5, 0.6) is 0 Å². The van der Waals surface area contributed by atoms with Crippen LogP contribution in [0.4, 0.5) is 0 Å². The van der Waals surface area contributed by atoms with Gasteiger partial charge in [-0.2, -0.15) is 0 Å². The molecule has 0 aliphatic carbocycles. The number of hydrogen-bond acceptors (Lipinski definition) is 7. The van der Waals surface area contributed by atoms with Crippen LogP contribution in [0.25, 0.3) is 10.9 Å². The van der Waals surface area contributed by atoms with Crippen molar-refractivity contribution in [3.63, 3.8) is 0 Å². The Balaban J connectivity index is 2.31. The summed E-state index contributed by atoms with van der Waals surface area (Å²) >= 11 is 0. The molecule has 2 aromatic rings. The van der Waals surface area contributed by atoms with Crippen molar-refractivity contribution in [1.29, 1.82) is 0 Å². The lowest BCUT2D eigenvalue weighted by atomic mass is 10.00. The normalized spacial score (nSPS) is 14.1. The number of aromatic amines is 1. The molecule has 0 spiro atoms. The average molecular weight is 562 g/mol. The molecule has 1 heterocycles. The van der Waals surface area contributed by atoms with Gasteiger partial charge in [0.1, 0.15) is 18.1 Å². The number of hydrogen-bond donors (Lipinski definition) is 8. The smallest absolute Gasteiger partial charge is 0.326 e. The number of aromatic nitrogens is 1. The Morgan fingerprint density at radius 2 is 1.45 bits per heavy atom. The zero-order valence-corrected chi connectivity index (χ0v) is 22.2. The van der Waals surface area contributed by atoms with E-state index in [9.17, 15) is 33.9 Å². The number of aliphatic carboxylic acids is 3. The third-order valence-electron chi connectivity index (χ3n) is 6.07. The molecule has 14 heteroatoms. The van der Waals surface area contributed by atoms with E-state index in [4.69, 9.17) is 15.9 Å². The predicted molar refractivity (Wildman–Crippen MR) is 142 cm³/mol. The van der Waals surface area contributed by atoms with Crippen molar-refractivity contribution >= 4 is 46.5 Å². The number of nitrogens with one attached hydrogen (secondary N) is 4. The van der Waals surface area contributed by atoms with Gasteiger partial charge in [0.15, 0.2) is 0 Å². The first-order chi connectivity index (χ1) is 18.8. The van der Waals surface area contributed by atoms with E-state index in [2.05, 4.69) is 20.9 Å². The van der Waals surface area contributed by atoms with Crippen LogP contribution in [-0.2, 0) is 35.2 Å². The summed E-state index contributed by atoms with van der Waals surface area (Å²) in [5, 5.41) is 35.3.